The van der Waals surface area contributed by atoms with Gasteiger partial charge in [0.25, 0.3) is 0 Å². The van der Waals surface area contributed by atoms with Crippen LogP contribution in [0.5, 0.6) is 0 Å². The minimum atomic E-state index is -3.71. The summed E-state index contributed by atoms with van der Waals surface area (Å²) in [6.07, 6.45) is 0.480. The molecule has 1 aromatic carbocycles. The van der Waals surface area contributed by atoms with Crippen molar-refractivity contribution in [1.29, 1.82) is 0 Å². The third kappa shape index (κ3) is 3.52. The van der Waals surface area contributed by atoms with E-state index in [1.165, 1.54) is 12.1 Å². The Labute approximate surface area is 129 Å². The Bertz CT molecular complexity index is 758. The van der Waals surface area contributed by atoms with Gasteiger partial charge in [-0.05, 0) is 43.7 Å². The number of aliphatic hydroxyl groups is 1. The molecule has 0 aliphatic heterocycles. The minimum Gasteiger partial charge on any atom is -0.394 e. The van der Waals surface area contributed by atoms with Gasteiger partial charge in [0.2, 0.25) is 10.0 Å². The van der Waals surface area contributed by atoms with Crippen LogP contribution >= 0.6 is 11.6 Å². The number of nitrogens with zero attached hydrogens (tertiary/aromatic N) is 1. The number of rotatable bonds is 5. The Morgan fingerprint density at radius 1 is 1.33 bits per heavy atom. The zero-order valence-corrected chi connectivity index (χ0v) is 13.4. The topological polar surface area (TPSA) is 79.3 Å². The summed E-state index contributed by atoms with van der Waals surface area (Å²) in [5, 5.41) is 10.4. The molecular weight excluding hydrogens is 312 g/mol. The number of benzene rings is 1. The summed E-state index contributed by atoms with van der Waals surface area (Å²) < 4.78 is 27.4. The smallest absolute Gasteiger partial charge is 0.241 e. The van der Waals surface area contributed by atoms with Crippen molar-refractivity contribution in [1.82, 2.24) is 9.71 Å². The average molecular weight is 329 g/mol. The Balaban J connectivity index is 2.43. The van der Waals surface area contributed by atoms with Crippen LogP contribution in [0.2, 0.25) is 5.15 Å². The number of hydrogen-bond donors (Lipinski definition) is 2. The number of aliphatic hydroxyl groups excluding tert-OH is 1. The third-order valence-electron chi connectivity index (χ3n) is 3.45. The molecule has 2 aromatic rings. The molecule has 21 heavy (non-hydrogen) atoms. The van der Waals surface area contributed by atoms with Gasteiger partial charge in [-0.2, -0.15) is 0 Å². The van der Waals surface area contributed by atoms with Crippen molar-refractivity contribution in [2.75, 3.05) is 6.61 Å². The molecule has 0 amide bonds. The van der Waals surface area contributed by atoms with Crippen LogP contribution in [0.3, 0.4) is 0 Å². The quantitative estimate of drug-likeness (QED) is 0.826. The van der Waals surface area contributed by atoms with E-state index in [1.807, 2.05) is 6.92 Å². The molecule has 0 aliphatic carbocycles. The molecule has 7 heteroatoms. The van der Waals surface area contributed by atoms with Crippen molar-refractivity contribution >= 4 is 32.5 Å². The van der Waals surface area contributed by atoms with Gasteiger partial charge in [0.15, 0.2) is 0 Å². The molecule has 0 radical (unpaired) electrons. The van der Waals surface area contributed by atoms with Crippen molar-refractivity contribution < 1.29 is 13.5 Å². The maximum absolute atomic E-state index is 12.4. The highest BCUT2D eigenvalue weighted by Gasteiger charge is 2.28. The van der Waals surface area contributed by atoms with Crippen molar-refractivity contribution in [2.45, 2.75) is 30.7 Å². The number of pyridine rings is 1. The maximum Gasteiger partial charge on any atom is 0.241 e. The van der Waals surface area contributed by atoms with Crippen molar-refractivity contribution in [2.24, 2.45) is 0 Å². The second kappa shape index (κ2) is 5.88. The fourth-order valence-corrected chi connectivity index (χ4v) is 3.50. The van der Waals surface area contributed by atoms with Crippen LogP contribution in [0.1, 0.15) is 20.3 Å². The number of nitrogens with one attached hydrogen (secondary N) is 1. The summed E-state index contributed by atoms with van der Waals surface area (Å²) in [5.74, 6) is 0. The van der Waals surface area contributed by atoms with E-state index in [4.69, 9.17) is 11.6 Å². The van der Waals surface area contributed by atoms with Crippen molar-refractivity contribution in [3.05, 3.63) is 35.5 Å². The highest BCUT2D eigenvalue weighted by atomic mass is 35.5. The monoisotopic (exact) mass is 328 g/mol. The molecule has 2 N–H and O–H groups in total. The lowest BCUT2D eigenvalue weighted by Crippen LogP contribution is -2.48. The molecule has 0 bridgehead atoms. The summed E-state index contributed by atoms with van der Waals surface area (Å²) in [4.78, 5) is 4.25. The average Bonchev–Trinajstić information content (AvgIpc) is 2.46. The number of fused-ring (bicyclic) bond motifs is 1. The molecule has 0 aliphatic rings. The fraction of sp³-hybridized carbons (Fsp3) is 0.357. The molecule has 0 saturated heterocycles. The molecular formula is C14H17ClN2O3S. The highest BCUT2D eigenvalue weighted by molar-refractivity contribution is 7.89. The van der Waals surface area contributed by atoms with Gasteiger partial charge in [-0.1, -0.05) is 18.5 Å². The number of halogens is 1. The molecule has 1 unspecified atom stereocenters. The Morgan fingerprint density at radius 3 is 2.67 bits per heavy atom. The molecule has 0 spiro atoms. The first kappa shape index (κ1) is 16.2. The molecule has 5 nitrogen and oxygen atoms in total. The van der Waals surface area contributed by atoms with E-state index in [0.29, 0.717) is 22.5 Å². The number of aromatic nitrogens is 1. The largest absolute Gasteiger partial charge is 0.394 e. The lowest BCUT2D eigenvalue weighted by molar-refractivity contribution is 0.191. The molecule has 2 rings (SSSR count). The van der Waals surface area contributed by atoms with E-state index in [9.17, 15) is 13.5 Å². The van der Waals surface area contributed by atoms with Crippen LogP contribution in [0.15, 0.2) is 35.2 Å². The van der Waals surface area contributed by atoms with Crippen LogP contribution in [-0.4, -0.2) is 30.7 Å². The number of sulfonamides is 1. The third-order valence-corrected chi connectivity index (χ3v) is 5.29. The van der Waals surface area contributed by atoms with Gasteiger partial charge in [0, 0.05) is 5.39 Å². The predicted octanol–water partition coefficient (Wildman–Crippen LogP) is 2.33. The molecule has 1 atom stereocenters. The van der Waals surface area contributed by atoms with E-state index in [0.717, 1.165) is 0 Å². The van der Waals surface area contributed by atoms with Crippen LogP contribution in [0, 0.1) is 0 Å². The molecule has 0 saturated carbocycles. The lowest BCUT2D eigenvalue weighted by Gasteiger charge is -2.26. The van der Waals surface area contributed by atoms with Crippen LogP contribution in [-0.2, 0) is 10.0 Å². The first-order valence-electron chi connectivity index (χ1n) is 6.51. The van der Waals surface area contributed by atoms with Crippen LogP contribution < -0.4 is 4.72 Å². The van der Waals surface area contributed by atoms with Gasteiger partial charge in [0.1, 0.15) is 5.15 Å². The number of hydrogen-bond acceptors (Lipinski definition) is 4. The summed E-state index contributed by atoms with van der Waals surface area (Å²) in [7, 11) is -3.71. The summed E-state index contributed by atoms with van der Waals surface area (Å²) in [6.45, 7) is 3.20. The second-order valence-electron chi connectivity index (χ2n) is 5.17. The van der Waals surface area contributed by atoms with E-state index in [2.05, 4.69) is 9.71 Å². The Morgan fingerprint density at radius 2 is 2.05 bits per heavy atom. The van der Waals surface area contributed by atoms with Crippen molar-refractivity contribution in [3.8, 4) is 0 Å². The summed E-state index contributed by atoms with van der Waals surface area (Å²) in [5.41, 5.74) is -0.256. The summed E-state index contributed by atoms with van der Waals surface area (Å²) >= 11 is 5.80. The van der Waals surface area contributed by atoms with E-state index in [1.54, 1.807) is 25.1 Å². The van der Waals surface area contributed by atoms with E-state index in [-0.39, 0.29) is 11.5 Å². The van der Waals surface area contributed by atoms with E-state index < -0.39 is 15.6 Å². The SMILES string of the molecule is CCC(C)(CO)NS(=O)(=O)c1ccc2nc(Cl)ccc2c1. The fourth-order valence-electron chi connectivity index (χ4n) is 1.85. The highest BCUT2D eigenvalue weighted by Crippen LogP contribution is 2.21. The van der Waals surface area contributed by atoms with Crippen LogP contribution in [0.4, 0.5) is 0 Å². The predicted molar refractivity (Wildman–Crippen MR) is 82.9 cm³/mol. The second-order valence-corrected chi connectivity index (χ2v) is 7.24. The normalized spacial score (nSPS) is 15.0. The lowest BCUT2D eigenvalue weighted by atomic mass is 10.0. The first-order valence-corrected chi connectivity index (χ1v) is 8.37. The van der Waals surface area contributed by atoms with E-state index >= 15 is 0 Å². The van der Waals surface area contributed by atoms with Crippen LogP contribution in [0.25, 0.3) is 10.9 Å². The molecule has 1 aromatic heterocycles. The van der Waals surface area contributed by atoms with Gasteiger partial charge < -0.3 is 5.11 Å². The Hall–Kier alpha value is -1.21. The molecule has 1 heterocycles. The zero-order valence-electron chi connectivity index (χ0n) is 11.8. The van der Waals surface area contributed by atoms with Gasteiger partial charge in [0.05, 0.1) is 22.6 Å². The maximum atomic E-state index is 12.4. The molecule has 0 fully saturated rings. The first-order chi connectivity index (χ1) is 9.79. The minimum absolute atomic E-state index is 0.132. The van der Waals surface area contributed by atoms with Gasteiger partial charge >= 0.3 is 0 Å². The Kier molecular flexibility index (Phi) is 4.53. The summed E-state index contributed by atoms with van der Waals surface area (Å²) in [6, 6.07) is 7.94. The van der Waals surface area contributed by atoms with Gasteiger partial charge in [-0.25, -0.2) is 18.1 Å². The zero-order chi connectivity index (χ0) is 15.7. The standard InChI is InChI=1S/C14H17ClN2O3S/c1-3-14(2,9-18)17-21(19,20)11-5-6-12-10(8-11)4-7-13(15)16-12/h4-8,17-18H,3,9H2,1-2H3. The van der Waals surface area contributed by atoms with Gasteiger partial charge in [-0.3, -0.25) is 0 Å². The molecule has 114 valence electrons. The van der Waals surface area contributed by atoms with Crippen molar-refractivity contribution in [3.63, 3.8) is 0 Å². The van der Waals surface area contributed by atoms with Gasteiger partial charge in [-0.15, -0.1) is 0 Å².